The minimum Gasteiger partial charge on any atom is -0.386 e. The van der Waals surface area contributed by atoms with E-state index in [1.54, 1.807) is 0 Å². The lowest BCUT2D eigenvalue weighted by molar-refractivity contribution is 0.117. The van der Waals surface area contributed by atoms with E-state index < -0.39 is 5.60 Å². The third kappa shape index (κ3) is 2.17. The van der Waals surface area contributed by atoms with Crippen LogP contribution in [0.5, 0.6) is 0 Å². The summed E-state index contributed by atoms with van der Waals surface area (Å²) in [5, 5.41) is 9.68. The van der Waals surface area contributed by atoms with Gasteiger partial charge in [-0.3, -0.25) is 0 Å². The zero-order valence-electron chi connectivity index (χ0n) is 6.84. The average molecular weight is 217 g/mol. The van der Waals surface area contributed by atoms with E-state index in [2.05, 4.69) is 22.0 Å². The zero-order chi connectivity index (χ0) is 8.48. The number of hydrogen-bond donors (Lipinski definition) is 1. The summed E-state index contributed by atoms with van der Waals surface area (Å²) in [7, 11) is 0. The van der Waals surface area contributed by atoms with Crippen LogP contribution in [0.3, 0.4) is 0 Å². The summed E-state index contributed by atoms with van der Waals surface area (Å²) in [5.41, 5.74) is 0.360. The topological polar surface area (TPSA) is 20.2 Å². The fourth-order valence-electron chi connectivity index (χ4n) is 1.19. The van der Waals surface area contributed by atoms with Gasteiger partial charge in [0, 0.05) is 4.83 Å². The third-order valence-corrected chi connectivity index (χ3v) is 2.67. The summed E-state index contributed by atoms with van der Waals surface area (Å²) in [4.78, 5) is 0.299. The molecule has 0 saturated carbocycles. The second kappa shape index (κ2) is 3.11. The Morgan fingerprint density at radius 1 is 1.64 bits per heavy atom. The average Bonchev–Trinajstić information content (AvgIpc) is 1.86. The number of halogens is 1. The van der Waals surface area contributed by atoms with Crippen LogP contribution in [0.25, 0.3) is 0 Å². The summed E-state index contributed by atoms with van der Waals surface area (Å²) in [5.74, 6) is 0. The molecule has 1 nitrogen and oxygen atoms in total. The van der Waals surface area contributed by atoms with Crippen molar-refractivity contribution in [1.82, 2.24) is 0 Å². The third-order valence-electron chi connectivity index (χ3n) is 1.80. The Morgan fingerprint density at radius 2 is 2.27 bits per heavy atom. The largest absolute Gasteiger partial charge is 0.386 e. The number of alkyl halides is 1. The molecule has 0 saturated heterocycles. The van der Waals surface area contributed by atoms with Gasteiger partial charge in [0.15, 0.2) is 0 Å². The Bertz CT molecular complexity index is 198. The second-order valence-corrected chi connectivity index (χ2v) is 4.42. The maximum Gasteiger partial charge on any atom is 0.0814 e. The van der Waals surface area contributed by atoms with E-state index in [1.165, 1.54) is 0 Å². The SMILES string of the molecule is CC(C)(O)C1=CC=CCC1Br. The number of rotatable bonds is 1. The van der Waals surface area contributed by atoms with E-state index in [4.69, 9.17) is 0 Å². The van der Waals surface area contributed by atoms with Gasteiger partial charge in [0.25, 0.3) is 0 Å². The molecule has 0 aromatic rings. The normalized spacial score (nSPS) is 25.1. The standard InChI is InChI=1S/C9H13BrO/c1-9(2,11)7-5-3-4-6-8(7)10/h3-5,8,11H,6H2,1-2H3. The van der Waals surface area contributed by atoms with Crippen LogP contribution in [0.4, 0.5) is 0 Å². The Morgan fingerprint density at radius 3 is 2.64 bits per heavy atom. The molecule has 62 valence electrons. The molecule has 0 aliphatic heterocycles. The van der Waals surface area contributed by atoms with Crippen molar-refractivity contribution in [2.24, 2.45) is 0 Å². The maximum absolute atomic E-state index is 9.68. The van der Waals surface area contributed by atoms with E-state index in [1.807, 2.05) is 26.0 Å². The fraction of sp³-hybridized carbons (Fsp3) is 0.556. The first-order valence-corrected chi connectivity index (χ1v) is 4.67. The van der Waals surface area contributed by atoms with Gasteiger partial charge in [-0.15, -0.1) is 0 Å². The molecular formula is C9H13BrO. The van der Waals surface area contributed by atoms with Crippen molar-refractivity contribution in [3.05, 3.63) is 23.8 Å². The van der Waals surface area contributed by atoms with E-state index in [0.29, 0.717) is 4.83 Å². The predicted molar refractivity (Wildman–Crippen MR) is 50.9 cm³/mol. The van der Waals surface area contributed by atoms with Crippen molar-refractivity contribution in [1.29, 1.82) is 0 Å². The Kier molecular flexibility index (Phi) is 2.55. The molecule has 0 fully saturated rings. The van der Waals surface area contributed by atoms with Crippen LogP contribution in [-0.4, -0.2) is 15.5 Å². The summed E-state index contributed by atoms with van der Waals surface area (Å²) < 4.78 is 0. The molecule has 0 radical (unpaired) electrons. The maximum atomic E-state index is 9.68. The van der Waals surface area contributed by atoms with Crippen molar-refractivity contribution >= 4 is 15.9 Å². The van der Waals surface area contributed by atoms with Gasteiger partial charge in [-0.25, -0.2) is 0 Å². The quantitative estimate of drug-likeness (QED) is 0.668. The molecule has 1 aliphatic carbocycles. The minimum atomic E-state index is -0.696. The molecule has 11 heavy (non-hydrogen) atoms. The first-order chi connectivity index (χ1) is 5.02. The molecule has 0 aromatic carbocycles. The highest BCUT2D eigenvalue weighted by atomic mass is 79.9. The lowest BCUT2D eigenvalue weighted by Crippen LogP contribution is -2.28. The first-order valence-electron chi connectivity index (χ1n) is 3.75. The van der Waals surface area contributed by atoms with Gasteiger partial charge < -0.3 is 5.11 Å². The summed E-state index contributed by atoms with van der Waals surface area (Å²) in [6, 6.07) is 0. The van der Waals surface area contributed by atoms with Crippen molar-refractivity contribution in [3.63, 3.8) is 0 Å². The van der Waals surface area contributed by atoms with E-state index >= 15 is 0 Å². The molecule has 1 N–H and O–H groups in total. The summed E-state index contributed by atoms with van der Waals surface area (Å²) >= 11 is 3.51. The monoisotopic (exact) mass is 216 g/mol. The number of aliphatic hydroxyl groups is 1. The van der Waals surface area contributed by atoms with E-state index in [-0.39, 0.29) is 0 Å². The molecule has 1 unspecified atom stereocenters. The van der Waals surface area contributed by atoms with Gasteiger partial charge in [-0.2, -0.15) is 0 Å². The van der Waals surface area contributed by atoms with Gasteiger partial charge in [0.2, 0.25) is 0 Å². The first kappa shape index (κ1) is 9.01. The van der Waals surface area contributed by atoms with Gasteiger partial charge >= 0.3 is 0 Å². The van der Waals surface area contributed by atoms with Crippen molar-refractivity contribution in [2.75, 3.05) is 0 Å². The van der Waals surface area contributed by atoms with Crippen LogP contribution < -0.4 is 0 Å². The molecule has 0 bridgehead atoms. The zero-order valence-corrected chi connectivity index (χ0v) is 8.43. The Balaban J connectivity index is 2.84. The van der Waals surface area contributed by atoms with Gasteiger partial charge in [0.05, 0.1) is 5.60 Å². The Labute approximate surface area is 75.9 Å². The molecule has 1 atom stereocenters. The lowest BCUT2D eigenvalue weighted by atomic mass is 9.91. The van der Waals surface area contributed by atoms with Gasteiger partial charge in [-0.05, 0) is 25.8 Å². The second-order valence-electron chi connectivity index (χ2n) is 3.31. The molecule has 0 aromatic heterocycles. The molecular weight excluding hydrogens is 204 g/mol. The van der Waals surface area contributed by atoms with Crippen LogP contribution in [0.15, 0.2) is 23.8 Å². The van der Waals surface area contributed by atoms with Gasteiger partial charge in [-0.1, -0.05) is 34.2 Å². The highest BCUT2D eigenvalue weighted by Crippen LogP contribution is 2.29. The molecule has 0 spiro atoms. The van der Waals surface area contributed by atoms with Crippen molar-refractivity contribution in [2.45, 2.75) is 30.7 Å². The smallest absolute Gasteiger partial charge is 0.0814 e. The van der Waals surface area contributed by atoms with Crippen molar-refractivity contribution in [3.8, 4) is 0 Å². The highest BCUT2D eigenvalue weighted by molar-refractivity contribution is 9.09. The van der Waals surface area contributed by atoms with Crippen molar-refractivity contribution < 1.29 is 5.11 Å². The molecule has 2 heteroatoms. The fourth-order valence-corrected chi connectivity index (χ4v) is 2.12. The van der Waals surface area contributed by atoms with Gasteiger partial charge in [0.1, 0.15) is 0 Å². The lowest BCUT2D eigenvalue weighted by Gasteiger charge is -2.26. The molecule has 1 aliphatic rings. The predicted octanol–water partition coefficient (Wildman–Crippen LogP) is 2.41. The molecule has 1 rings (SSSR count). The van der Waals surface area contributed by atoms with Crippen LogP contribution in [0.1, 0.15) is 20.3 Å². The van der Waals surface area contributed by atoms with Crippen LogP contribution in [0.2, 0.25) is 0 Å². The highest BCUT2D eigenvalue weighted by Gasteiger charge is 2.25. The van der Waals surface area contributed by atoms with Crippen LogP contribution in [-0.2, 0) is 0 Å². The molecule has 0 heterocycles. The number of hydrogen-bond acceptors (Lipinski definition) is 1. The van der Waals surface area contributed by atoms with E-state index in [0.717, 1.165) is 12.0 Å². The van der Waals surface area contributed by atoms with E-state index in [9.17, 15) is 5.11 Å². The van der Waals surface area contributed by atoms with Crippen LogP contribution >= 0.6 is 15.9 Å². The Hall–Kier alpha value is -0.0800. The summed E-state index contributed by atoms with van der Waals surface area (Å²) in [6.07, 6.45) is 7.03. The minimum absolute atomic E-state index is 0.299. The van der Waals surface area contributed by atoms with Crippen LogP contribution in [0, 0.1) is 0 Å². The number of allylic oxidation sites excluding steroid dienone is 3. The molecule has 0 amide bonds. The summed E-state index contributed by atoms with van der Waals surface area (Å²) in [6.45, 7) is 3.62.